The van der Waals surface area contributed by atoms with Gasteiger partial charge in [0.25, 0.3) is 0 Å². The molecule has 0 unspecified atom stereocenters. The quantitative estimate of drug-likeness (QED) is 0.758. The van der Waals surface area contributed by atoms with Crippen LogP contribution in [0.15, 0.2) is 18.6 Å². The van der Waals surface area contributed by atoms with Crippen LogP contribution in [-0.4, -0.2) is 53.2 Å². The first kappa shape index (κ1) is 11.7. The molecule has 0 saturated carbocycles. The molecule has 2 bridgehead atoms. The second kappa shape index (κ2) is 4.45. The Labute approximate surface area is 115 Å². The molecule has 1 amide bonds. The largest absolute Gasteiger partial charge is 0.378 e. The minimum Gasteiger partial charge on any atom is -0.378 e. The number of nitrogens with zero attached hydrogens (tertiary/aromatic N) is 3. The van der Waals surface area contributed by atoms with Crippen molar-refractivity contribution in [1.29, 1.82) is 0 Å². The molecule has 2 aliphatic rings. The topological polar surface area (TPSA) is 83.1 Å². The van der Waals surface area contributed by atoms with Crippen LogP contribution in [0.5, 0.6) is 0 Å². The Hall–Kier alpha value is -2.15. The van der Waals surface area contributed by atoms with Gasteiger partial charge >= 0.3 is 0 Å². The van der Waals surface area contributed by atoms with E-state index in [1.807, 2.05) is 12.3 Å². The minimum absolute atomic E-state index is 0.00924. The zero-order valence-electron chi connectivity index (χ0n) is 10.9. The van der Waals surface area contributed by atoms with Crippen LogP contribution in [0.1, 0.15) is 0 Å². The van der Waals surface area contributed by atoms with E-state index in [1.165, 1.54) is 0 Å². The number of anilines is 1. The van der Waals surface area contributed by atoms with E-state index in [9.17, 15) is 4.79 Å². The number of rotatable bonds is 1. The van der Waals surface area contributed by atoms with Crippen LogP contribution in [0.4, 0.5) is 5.82 Å². The molecule has 0 spiro atoms. The third-order valence-electron chi connectivity index (χ3n) is 3.86. The van der Waals surface area contributed by atoms with Gasteiger partial charge in [-0.05, 0) is 6.07 Å². The number of ether oxygens (including phenoxy) is 1. The normalized spacial score (nSPS) is 26.4. The monoisotopic (exact) mass is 273 g/mol. The summed E-state index contributed by atoms with van der Waals surface area (Å²) in [6.07, 6.45) is 3.42. The van der Waals surface area contributed by atoms with E-state index in [0.717, 1.165) is 16.9 Å². The van der Waals surface area contributed by atoms with Gasteiger partial charge in [-0.15, -0.1) is 0 Å². The lowest BCUT2D eigenvalue weighted by Gasteiger charge is -2.28. The first-order valence-corrected chi connectivity index (χ1v) is 6.72. The molecule has 0 aromatic carbocycles. The van der Waals surface area contributed by atoms with Gasteiger partial charge in [0.1, 0.15) is 11.8 Å². The van der Waals surface area contributed by atoms with E-state index in [4.69, 9.17) is 4.74 Å². The van der Waals surface area contributed by atoms with Gasteiger partial charge in [0.05, 0.1) is 30.7 Å². The van der Waals surface area contributed by atoms with Crippen molar-refractivity contribution in [3.05, 3.63) is 18.6 Å². The lowest BCUT2D eigenvalue weighted by Crippen LogP contribution is -2.42. The summed E-state index contributed by atoms with van der Waals surface area (Å²) in [5.74, 6) is 0.780. The number of amides is 1. The van der Waals surface area contributed by atoms with Crippen LogP contribution >= 0.6 is 0 Å². The summed E-state index contributed by atoms with van der Waals surface area (Å²) in [6, 6.07) is 1.93. The molecule has 2 fully saturated rings. The van der Waals surface area contributed by atoms with Gasteiger partial charge in [-0.25, -0.2) is 9.97 Å². The van der Waals surface area contributed by atoms with Crippen LogP contribution in [0.25, 0.3) is 11.0 Å². The van der Waals surface area contributed by atoms with Crippen molar-refractivity contribution in [2.24, 2.45) is 5.92 Å². The maximum absolute atomic E-state index is 12.0. The Morgan fingerprint density at radius 2 is 2.25 bits per heavy atom. The van der Waals surface area contributed by atoms with Crippen molar-refractivity contribution in [2.45, 2.75) is 6.04 Å². The number of carbonyl (C=O) groups is 1. The number of nitrogens with one attached hydrogen (secondary N) is 2. The van der Waals surface area contributed by atoms with Gasteiger partial charge < -0.3 is 19.9 Å². The van der Waals surface area contributed by atoms with Crippen LogP contribution in [0.2, 0.25) is 0 Å². The standard InChI is InChI=1S/C13H15N5O2/c19-13-8-3-18(4-9(17-13)6-20-5-8)12-11-10(1-2-14-11)15-7-16-12/h1-2,7-9,14H,3-6H2,(H,17,19)/t8-,9+/m1/s1. The molecule has 2 aromatic rings. The average Bonchev–Trinajstić information content (AvgIpc) is 2.76. The van der Waals surface area contributed by atoms with Crippen molar-refractivity contribution >= 4 is 22.8 Å². The highest BCUT2D eigenvalue weighted by atomic mass is 16.5. The fraction of sp³-hybridized carbons (Fsp3) is 0.462. The minimum atomic E-state index is -0.150. The van der Waals surface area contributed by atoms with E-state index in [-0.39, 0.29) is 17.9 Å². The molecule has 7 heteroatoms. The van der Waals surface area contributed by atoms with Crippen LogP contribution in [0.3, 0.4) is 0 Å². The first-order chi connectivity index (χ1) is 9.81. The molecule has 20 heavy (non-hydrogen) atoms. The fourth-order valence-electron chi connectivity index (χ4n) is 2.90. The molecule has 2 atom stereocenters. The molecule has 2 aromatic heterocycles. The number of aromatic nitrogens is 3. The summed E-state index contributed by atoms with van der Waals surface area (Å²) in [4.78, 5) is 26.0. The highest BCUT2D eigenvalue weighted by molar-refractivity contribution is 5.87. The van der Waals surface area contributed by atoms with Gasteiger partial charge in [0.15, 0.2) is 5.82 Å². The lowest BCUT2D eigenvalue weighted by molar-refractivity contribution is -0.124. The molecule has 2 saturated heterocycles. The van der Waals surface area contributed by atoms with Crippen molar-refractivity contribution < 1.29 is 9.53 Å². The number of fused-ring (bicyclic) bond motifs is 4. The predicted octanol–water partition coefficient (Wildman–Crippen LogP) is -0.0909. The third kappa shape index (κ3) is 1.82. The Balaban J connectivity index is 1.75. The summed E-state index contributed by atoms with van der Waals surface area (Å²) in [5, 5.41) is 3.02. The zero-order chi connectivity index (χ0) is 13.5. The van der Waals surface area contributed by atoms with Gasteiger partial charge in [-0.1, -0.05) is 0 Å². The van der Waals surface area contributed by atoms with Crippen molar-refractivity contribution in [3.63, 3.8) is 0 Å². The predicted molar refractivity (Wildman–Crippen MR) is 72.3 cm³/mol. The molecule has 0 radical (unpaired) electrons. The van der Waals surface area contributed by atoms with Crippen LogP contribution in [-0.2, 0) is 9.53 Å². The van der Waals surface area contributed by atoms with Crippen LogP contribution in [0, 0.1) is 5.92 Å². The molecule has 0 aliphatic carbocycles. The second-order valence-electron chi connectivity index (χ2n) is 5.28. The summed E-state index contributed by atoms with van der Waals surface area (Å²) in [6.45, 7) is 2.34. The zero-order valence-corrected chi connectivity index (χ0v) is 10.9. The first-order valence-electron chi connectivity index (χ1n) is 6.72. The Morgan fingerprint density at radius 3 is 3.20 bits per heavy atom. The molecular weight excluding hydrogens is 258 g/mol. The molecule has 4 rings (SSSR count). The maximum atomic E-state index is 12.0. The van der Waals surface area contributed by atoms with E-state index in [1.54, 1.807) is 6.33 Å². The van der Waals surface area contributed by atoms with Gasteiger partial charge in [-0.2, -0.15) is 0 Å². The highest BCUT2D eigenvalue weighted by Gasteiger charge is 2.34. The summed E-state index contributed by atoms with van der Waals surface area (Å²) in [7, 11) is 0. The maximum Gasteiger partial charge on any atom is 0.227 e. The lowest BCUT2D eigenvalue weighted by atomic mass is 10.1. The molecule has 7 nitrogen and oxygen atoms in total. The molecular formula is C13H15N5O2. The van der Waals surface area contributed by atoms with E-state index in [2.05, 4.69) is 25.2 Å². The number of hydrogen-bond donors (Lipinski definition) is 2. The molecule has 4 heterocycles. The van der Waals surface area contributed by atoms with E-state index >= 15 is 0 Å². The summed E-state index contributed by atoms with van der Waals surface area (Å²) < 4.78 is 5.54. The number of H-pyrrole nitrogens is 1. The molecule has 2 aliphatic heterocycles. The van der Waals surface area contributed by atoms with Gasteiger partial charge in [-0.3, -0.25) is 4.79 Å². The fourth-order valence-corrected chi connectivity index (χ4v) is 2.90. The van der Waals surface area contributed by atoms with Crippen molar-refractivity contribution in [2.75, 3.05) is 31.2 Å². The smallest absolute Gasteiger partial charge is 0.227 e. The second-order valence-corrected chi connectivity index (χ2v) is 5.28. The Kier molecular flexibility index (Phi) is 2.59. The van der Waals surface area contributed by atoms with E-state index in [0.29, 0.717) is 26.3 Å². The summed E-state index contributed by atoms with van der Waals surface area (Å²) >= 11 is 0. The Morgan fingerprint density at radius 1 is 1.30 bits per heavy atom. The van der Waals surface area contributed by atoms with Crippen molar-refractivity contribution in [3.8, 4) is 0 Å². The number of hydrogen-bond acceptors (Lipinski definition) is 5. The molecule has 104 valence electrons. The van der Waals surface area contributed by atoms with Crippen LogP contribution < -0.4 is 10.2 Å². The average molecular weight is 273 g/mol. The van der Waals surface area contributed by atoms with Gasteiger partial charge in [0, 0.05) is 19.3 Å². The van der Waals surface area contributed by atoms with Crippen molar-refractivity contribution in [1.82, 2.24) is 20.3 Å². The number of carbonyl (C=O) groups excluding carboxylic acids is 1. The highest BCUT2D eigenvalue weighted by Crippen LogP contribution is 2.24. The summed E-state index contributed by atoms with van der Waals surface area (Å²) in [5.41, 5.74) is 1.81. The molecule has 2 N–H and O–H groups in total. The number of aromatic amines is 1. The SMILES string of the molecule is O=C1N[C@@H]2COC[C@H]1CN(c1ncnc3cc[nH]c13)C2. The third-order valence-corrected chi connectivity index (χ3v) is 3.86. The van der Waals surface area contributed by atoms with Gasteiger partial charge in [0.2, 0.25) is 5.91 Å². The van der Waals surface area contributed by atoms with E-state index < -0.39 is 0 Å². The Bertz CT molecular complexity index is 655.